The molecule has 1 atom stereocenters. The van der Waals surface area contributed by atoms with Gasteiger partial charge in [-0.05, 0) is 6.07 Å². The summed E-state index contributed by atoms with van der Waals surface area (Å²) >= 11 is 0. The number of rotatable bonds is 3. The number of benzene rings is 1. The molecular formula is C15H21FN2O2. The second kappa shape index (κ2) is 5.77. The maximum absolute atomic E-state index is 13.9. The fraction of sp³-hybridized carbons (Fsp3) is 0.600. The molecule has 2 heterocycles. The van der Waals surface area contributed by atoms with Crippen molar-refractivity contribution in [1.82, 2.24) is 4.90 Å². The Bertz CT molecular complexity index is 453. The van der Waals surface area contributed by atoms with Gasteiger partial charge in [0.2, 0.25) is 0 Å². The maximum atomic E-state index is 13.9. The van der Waals surface area contributed by atoms with Crippen molar-refractivity contribution >= 4 is 0 Å². The van der Waals surface area contributed by atoms with E-state index in [1.54, 1.807) is 6.07 Å². The molecule has 2 aliphatic rings. The lowest BCUT2D eigenvalue weighted by Gasteiger charge is -2.41. The normalized spacial score (nSPS) is 24.1. The van der Waals surface area contributed by atoms with Gasteiger partial charge in [-0.1, -0.05) is 18.2 Å². The average Bonchev–Trinajstić information content (AvgIpc) is 2.92. The zero-order chi connectivity index (χ0) is 14.0. The molecular weight excluding hydrogens is 259 g/mol. The van der Waals surface area contributed by atoms with Crippen LogP contribution in [0.4, 0.5) is 4.39 Å². The van der Waals surface area contributed by atoms with Gasteiger partial charge in [0.15, 0.2) is 5.79 Å². The van der Waals surface area contributed by atoms with Gasteiger partial charge in [-0.3, -0.25) is 4.90 Å². The highest BCUT2D eigenvalue weighted by Gasteiger charge is 2.41. The molecule has 5 heteroatoms. The molecule has 0 aromatic heterocycles. The number of nitrogens with two attached hydrogens (primary N) is 1. The Morgan fingerprint density at radius 3 is 2.45 bits per heavy atom. The molecule has 2 aliphatic heterocycles. The summed E-state index contributed by atoms with van der Waals surface area (Å²) in [5.74, 6) is -0.582. The second-order valence-corrected chi connectivity index (χ2v) is 5.42. The van der Waals surface area contributed by atoms with Crippen LogP contribution in [0.3, 0.4) is 0 Å². The maximum Gasteiger partial charge on any atom is 0.170 e. The highest BCUT2D eigenvalue weighted by molar-refractivity contribution is 5.22. The van der Waals surface area contributed by atoms with Crippen LogP contribution in [0.2, 0.25) is 0 Å². The van der Waals surface area contributed by atoms with Gasteiger partial charge >= 0.3 is 0 Å². The third-order valence-electron chi connectivity index (χ3n) is 4.30. The molecule has 0 radical (unpaired) electrons. The van der Waals surface area contributed by atoms with Gasteiger partial charge in [0.05, 0.1) is 13.2 Å². The first-order chi connectivity index (χ1) is 9.74. The van der Waals surface area contributed by atoms with Crippen molar-refractivity contribution in [2.45, 2.75) is 24.7 Å². The Balaban J connectivity index is 1.71. The monoisotopic (exact) mass is 280 g/mol. The molecule has 110 valence electrons. The first-order valence-corrected chi connectivity index (χ1v) is 7.20. The standard InChI is InChI=1S/C15H21FN2O2/c16-13-4-2-1-3-12(13)14(11-17)18-7-5-15(6-8-18)19-9-10-20-15/h1-4,14H,5-11,17H2. The summed E-state index contributed by atoms with van der Waals surface area (Å²) in [5, 5.41) is 0. The van der Waals surface area contributed by atoms with Crippen molar-refractivity contribution in [3.63, 3.8) is 0 Å². The molecule has 0 aliphatic carbocycles. The molecule has 1 unspecified atom stereocenters. The van der Waals surface area contributed by atoms with E-state index < -0.39 is 5.79 Å². The van der Waals surface area contributed by atoms with Crippen LogP contribution in [0.15, 0.2) is 24.3 Å². The molecule has 4 nitrogen and oxygen atoms in total. The molecule has 2 fully saturated rings. The van der Waals surface area contributed by atoms with Crippen molar-refractivity contribution in [1.29, 1.82) is 0 Å². The molecule has 1 spiro atoms. The van der Waals surface area contributed by atoms with Gasteiger partial charge in [0.25, 0.3) is 0 Å². The Hall–Kier alpha value is -1.01. The summed E-state index contributed by atoms with van der Waals surface area (Å²) in [5.41, 5.74) is 6.56. The topological polar surface area (TPSA) is 47.7 Å². The Morgan fingerprint density at radius 1 is 1.20 bits per heavy atom. The van der Waals surface area contributed by atoms with E-state index in [1.807, 2.05) is 12.1 Å². The molecule has 1 aromatic rings. The van der Waals surface area contributed by atoms with Gasteiger partial charge in [0, 0.05) is 44.1 Å². The van der Waals surface area contributed by atoms with E-state index in [0.717, 1.165) is 25.9 Å². The van der Waals surface area contributed by atoms with E-state index in [1.165, 1.54) is 6.07 Å². The number of piperidine rings is 1. The predicted molar refractivity (Wildman–Crippen MR) is 73.6 cm³/mol. The van der Waals surface area contributed by atoms with E-state index >= 15 is 0 Å². The quantitative estimate of drug-likeness (QED) is 0.915. The van der Waals surface area contributed by atoms with Crippen LogP contribution in [0.1, 0.15) is 24.4 Å². The minimum Gasteiger partial charge on any atom is -0.347 e. The smallest absolute Gasteiger partial charge is 0.170 e. The molecule has 1 aromatic carbocycles. The van der Waals surface area contributed by atoms with Gasteiger partial charge < -0.3 is 15.2 Å². The van der Waals surface area contributed by atoms with Crippen LogP contribution in [-0.2, 0) is 9.47 Å². The summed E-state index contributed by atoms with van der Waals surface area (Å²) in [6, 6.07) is 6.80. The Morgan fingerprint density at radius 2 is 1.85 bits per heavy atom. The van der Waals surface area contributed by atoms with Crippen LogP contribution in [-0.4, -0.2) is 43.5 Å². The van der Waals surface area contributed by atoms with Crippen molar-refractivity contribution in [3.8, 4) is 0 Å². The average molecular weight is 280 g/mol. The number of likely N-dealkylation sites (tertiary alicyclic amines) is 1. The van der Waals surface area contributed by atoms with E-state index in [9.17, 15) is 4.39 Å². The van der Waals surface area contributed by atoms with Gasteiger partial charge in [-0.2, -0.15) is 0 Å². The predicted octanol–water partition coefficient (Wildman–Crippen LogP) is 1.66. The van der Waals surface area contributed by atoms with E-state index in [-0.39, 0.29) is 11.9 Å². The third kappa shape index (κ3) is 2.59. The van der Waals surface area contributed by atoms with Crippen molar-refractivity contribution < 1.29 is 13.9 Å². The van der Waals surface area contributed by atoms with Crippen molar-refractivity contribution in [2.75, 3.05) is 32.8 Å². The lowest BCUT2D eigenvalue weighted by molar-refractivity contribution is -0.188. The minimum absolute atomic E-state index is 0.0741. The fourth-order valence-electron chi connectivity index (χ4n) is 3.18. The molecule has 0 bridgehead atoms. The minimum atomic E-state index is -0.398. The first-order valence-electron chi connectivity index (χ1n) is 7.20. The summed E-state index contributed by atoms with van der Waals surface area (Å²) in [6.45, 7) is 3.39. The van der Waals surface area contributed by atoms with Crippen molar-refractivity contribution in [2.24, 2.45) is 5.73 Å². The van der Waals surface area contributed by atoms with Crippen LogP contribution < -0.4 is 5.73 Å². The lowest BCUT2D eigenvalue weighted by atomic mass is 9.98. The Kier molecular flexibility index (Phi) is 4.03. The molecule has 3 rings (SSSR count). The van der Waals surface area contributed by atoms with Crippen molar-refractivity contribution in [3.05, 3.63) is 35.6 Å². The number of hydrogen-bond acceptors (Lipinski definition) is 4. The highest BCUT2D eigenvalue weighted by Crippen LogP contribution is 2.34. The van der Waals surface area contributed by atoms with Crippen LogP contribution >= 0.6 is 0 Å². The fourth-order valence-corrected chi connectivity index (χ4v) is 3.18. The number of ether oxygens (including phenoxy) is 2. The number of hydrogen-bond donors (Lipinski definition) is 1. The lowest BCUT2D eigenvalue weighted by Crippen LogP contribution is -2.47. The highest BCUT2D eigenvalue weighted by atomic mass is 19.1. The number of nitrogens with zero attached hydrogens (tertiary/aromatic N) is 1. The van der Waals surface area contributed by atoms with E-state index in [2.05, 4.69) is 4.90 Å². The summed E-state index contributed by atoms with van der Waals surface area (Å²) in [6.07, 6.45) is 1.63. The Labute approximate surface area is 118 Å². The largest absolute Gasteiger partial charge is 0.347 e. The SMILES string of the molecule is NCC(c1ccccc1F)N1CCC2(CC1)OCCO2. The first kappa shape index (κ1) is 13.9. The number of halogens is 1. The van der Waals surface area contributed by atoms with E-state index in [0.29, 0.717) is 25.3 Å². The molecule has 0 saturated carbocycles. The molecule has 2 saturated heterocycles. The molecule has 2 N–H and O–H groups in total. The summed E-state index contributed by atoms with van der Waals surface area (Å²) in [4.78, 5) is 2.23. The van der Waals surface area contributed by atoms with Gasteiger partial charge in [-0.25, -0.2) is 4.39 Å². The third-order valence-corrected chi connectivity index (χ3v) is 4.30. The second-order valence-electron chi connectivity index (χ2n) is 5.42. The van der Waals surface area contributed by atoms with E-state index in [4.69, 9.17) is 15.2 Å². The summed E-state index contributed by atoms with van der Waals surface area (Å²) < 4.78 is 25.4. The molecule has 20 heavy (non-hydrogen) atoms. The summed E-state index contributed by atoms with van der Waals surface area (Å²) in [7, 11) is 0. The zero-order valence-corrected chi connectivity index (χ0v) is 11.6. The van der Waals surface area contributed by atoms with Crippen LogP contribution in [0.25, 0.3) is 0 Å². The molecule has 0 amide bonds. The van der Waals surface area contributed by atoms with Gasteiger partial charge in [-0.15, -0.1) is 0 Å². The van der Waals surface area contributed by atoms with Crippen LogP contribution in [0, 0.1) is 5.82 Å². The van der Waals surface area contributed by atoms with Gasteiger partial charge in [0.1, 0.15) is 5.82 Å². The zero-order valence-electron chi connectivity index (χ0n) is 11.6. The van der Waals surface area contributed by atoms with Crippen LogP contribution in [0.5, 0.6) is 0 Å².